The number of nitrogens with one attached hydrogen (secondary N) is 1. The Morgan fingerprint density at radius 2 is 1.98 bits per heavy atom. The predicted octanol–water partition coefficient (Wildman–Crippen LogP) is 3.70. The van der Waals surface area contributed by atoms with E-state index >= 15 is 4.39 Å². The lowest BCUT2D eigenvalue weighted by atomic mass is 9.98. The Labute approximate surface area is 249 Å². The van der Waals surface area contributed by atoms with Crippen molar-refractivity contribution < 1.29 is 37.4 Å². The highest BCUT2D eigenvalue weighted by atomic mass is 127. The first kappa shape index (κ1) is 31.3. The van der Waals surface area contributed by atoms with Crippen molar-refractivity contribution in [2.24, 2.45) is 0 Å². The number of esters is 1. The Hall–Kier alpha value is -2.62. The molecule has 2 aromatic carbocycles. The summed E-state index contributed by atoms with van der Waals surface area (Å²) < 4.78 is 53.5. The van der Waals surface area contributed by atoms with Crippen LogP contribution in [0, 0.1) is 3.57 Å². The number of halogens is 2. The van der Waals surface area contributed by atoms with Gasteiger partial charge in [-0.1, -0.05) is 36.4 Å². The van der Waals surface area contributed by atoms with E-state index in [2.05, 4.69) is 10.1 Å². The molecule has 0 spiro atoms. The van der Waals surface area contributed by atoms with Crippen LogP contribution >= 0.6 is 30.3 Å². The van der Waals surface area contributed by atoms with Crippen molar-refractivity contribution in [2.45, 2.75) is 63.9 Å². The smallest absolute Gasteiger partial charge is 0.459 e. The molecule has 0 bridgehead atoms. The first-order valence-electron chi connectivity index (χ1n) is 12.7. The third kappa shape index (κ3) is 6.89. The van der Waals surface area contributed by atoms with Gasteiger partial charge in [0.15, 0.2) is 11.9 Å². The summed E-state index contributed by atoms with van der Waals surface area (Å²) in [6.45, 7) is 5.18. The van der Waals surface area contributed by atoms with Crippen LogP contribution in [0.15, 0.2) is 53.5 Å². The number of ether oxygens (including phenoxy) is 2. The number of hydrogen-bond acceptors (Lipinski definition) is 10. The number of carbonyl (C=O) groups is 1. The number of hydrogen-bond donors (Lipinski definition) is 3. The quantitative estimate of drug-likeness (QED) is 0.160. The largest absolute Gasteiger partial charge is 0.462 e. The first-order chi connectivity index (χ1) is 19.2. The fourth-order valence-corrected chi connectivity index (χ4v) is 6.21. The fourth-order valence-electron chi connectivity index (χ4n) is 4.27. The maximum Gasteiger partial charge on any atom is 0.459 e. The molecule has 1 aliphatic heterocycles. The van der Waals surface area contributed by atoms with Gasteiger partial charge in [-0.3, -0.25) is 13.9 Å². The average molecular weight is 704 g/mol. The number of carbonyl (C=O) groups excluding carboxylic acids is 1. The monoisotopic (exact) mass is 704 g/mol. The van der Waals surface area contributed by atoms with Crippen molar-refractivity contribution in [3.05, 3.63) is 62.7 Å². The molecule has 3 aromatic rings. The van der Waals surface area contributed by atoms with Crippen LogP contribution in [-0.2, 0) is 23.4 Å². The summed E-state index contributed by atoms with van der Waals surface area (Å²) in [7, 11) is -4.40. The fraction of sp³-hybridized carbons (Fsp3) is 0.423. The number of rotatable bonds is 10. The zero-order valence-electron chi connectivity index (χ0n) is 22.7. The molecule has 2 heterocycles. The number of aliphatic hydroxyl groups excluding tert-OH is 1. The van der Waals surface area contributed by atoms with E-state index in [1.165, 1.54) is 13.1 Å². The summed E-state index contributed by atoms with van der Waals surface area (Å²) >= 11 is 1.83. The molecular weight excluding hydrogens is 673 g/mol. The minimum absolute atomic E-state index is 0.0337. The van der Waals surface area contributed by atoms with Crippen LogP contribution in [0.4, 0.5) is 10.2 Å². The highest BCUT2D eigenvalue weighted by Gasteiger charge is 2.56. The second-order valence-corrected chi connectivity index (χ2v) is 12.8. The van der Waals surface area contributed by atoms with Crippen molar-refractivity contribution in [1.29, 1.82) is 0 Å². The second kappa shape index (κ2) is 12.3. The normalized spacial score (nSPS) is 24.7. The van der Waals surface area contributed by atoms with E-state index in [1.807, 2.05) is 40.8 Å². The van der Waals surface area contributed by atoms with Gasteiger partial charge < -0.3 is 24.8 Å². The summed E-state index contributed by atoms with van der Waals surface area (Å²) in [4.78, 5) is 28.6. The third-order valence-corrected chi connectivity index (χ3v) is 8.80. The maximum absolute atomic E-state index is 15.8. The molecule has 41 heavy (non-hydrogen) atoms. The van der Waals surface area contributed by atoms with Crippen LogP contribution in [0.2, 0.25) is 0 Å². The van der Waals surface area contributed by atoms with E-state index in [9.17, 15) is 19.3 Å². The Morgan fingerprint density at radius 3 is 2.68 bits per heavy atom. The molecule has 222 valence electrons. The highest BCUT2D eigenvalue weighted by molar-refractivity contribution is 14.1. The van der Waals surface area contributed by atoms with Crippen LogP contribution in [0.25, 0.3) is 10.8 Å². The van der Waals surface area contributed by atoms with Gasteiger partial charge in [-0.2, -0.15) is 10.1 Å². The SMILES string of the molecule is CC(C)OC(=O)[C@@H](C)N[P@](=O)(OC[C@H]1O[C@@H](n2cc(I)c(N)nc2=O)[C@](C)(F)[C@@H]1O)Oc1cccc2ccccc12. The number of nitrogen functional groups attached to an aromatic ring is 1. The Balaban J connectivity index is 1.60. The van der Waals surface area contributed by atoms with Crippen molar-refractivity contribution in [3.63, 3.8) is 0 Å². The number of anilines is 1. The number of nitrogens with zero attached hydrogens (tertiary/aromatic N) is 2. The molecule has 1 fully saturated rings. The second-order valence-electron chi connectivity index (χ2n) is 9.99. The van der Waals surface area contributed by atoms with E-state index in [0.717, 1.165) is 16.9 Å². The molecule has 0 unspecified atom stereocenters. The minimum atomic E-state index is -4.40. The Bertz CT molecular complexity index is 1530. The number of nitrogens with two attached hydrogens (primary N) is 1. The summed E-state index contributed by atoms with van der Waals surface area (Å²) in [6, 6.07) is 11.2. The van der Waals surface area contributed by atoms with Gasteiger partial charge in [0, 0.05) is 11.6 Å². The molecule has 0 amide bonds. The van der Waals surface area contributed by atoms with E-state index in [0.29, 0.717) is 8.96 Å². The Kier molecular flexibility index (Phi) is 9.41. The standard InChI is InChI=1S/C26H31FIN4O8P/c1-14(2)38-23(34)15(3)31-41(36,40-19-11-7-9-16-8-5-6-10-17(16)19)37-13-20-21(33)26(4,27)24(39-20)32-12-18(28)22(29)30-25(32)35/h5-12,14-15,20-21,24,33H,13H2,1-4H3,(H,31,36)(H2,29,30,35)/t15-,20-,21-,24-,26-,41+/m1/s1. The summed E-state index contributed by atoms with van der Waals surface area (Å²) in [6.07, 6.45) is -3.94. The van der Waals surface area contributed by atoms with Crippen molar-refractivity contribution in [1.82, 2.24) is 14.6 Å². The van der Waals surface area contributed by atoms with E-state index in [-0.39, 0.29) is 11.6 Å². The number of fused-ring (bicyclic) bond motifs is 1. The molecule has 4 rings (SSSR count). The summed E-state index contributed by atoms with van der Waals surface area (Å²) in [5, 5.41) is 14.8. The molecule has 12 nitrogen and oxygen atoms in total. The van der Waals surface area contributed by atoms with Crippen LogP contribution in [-0.4, -0.2) is 57.3 Å². The summed E-state index contributed by atoms with van der Waals surface area (Å²) in [5.74, 6) is -0.546. The lowest BCUT2D eigenvalue weighted by molar-refractivity contribution is -0.149. The number of alkyl halides is 1. The van der Waals surface area contributed by atoms with Gasteiger partial charge in [0.05, 0.1) is 16.3 Å². The molecule has 0 aliphatic carbocycles. The van der Waals surface area contributed by atoms with Gasteiger partial charge in [0.1, 0.15) is 29.8 Å². The van der Waals surface area contributed by atoms with Crippen LogP contribution in [0.1, 0.15) is 33.9 Å². The third-order valence-electron chi connectivity index (χ3n) is 6.34. The van der Waals surface area contributed by atoms with E-state index in [1.54, 1.807) is 38.1 Å². The van der Waals surface area contributed by atoms with Crippen LogP contribution in [0.5, 0.6) is 5.75 Å². The summed E-state index contributed by atoms with van der Waals surface area (Å²) in [5.41, 5.74) is 2.32. The lowest BCUT2D eigenvalue weighted by Gasteiger charge is -2.26. The number of aromatic nitrogens is 2. The number of aliphatic hydroxyl groups is 1. The van der Waals surface area contributed by atoms with Gasteiger partial charge in [0.25, 0.3) is 0 Å². The Morgan fingerprint density at radius 1 is 1.29 bits per heavy atom. The van der Waals surface area contributed by atoms with Crippen LogP contribution in [0.3, 0.4) is 0 Å². The van der Waals surface area contributed by atoms with Gasteiger partial charge in [-0.15, -0.1) is 0 Å². The zero-order valence-corrected chi connectivity index (χ0v) is 25.7. The average Bonchev–Trinajstić information content (AvgIpc) is 3.13. The minimum Gasteiger partial charge on any atom is -0.462 e. The predicted molar refractivity (Wildman–Crippen MR) is 157 cm³/mol. The molecular formula is C26H31FIN4O8P. The molecule has 0 saturated carbocycles. The van der Waals surface area contributed by atoms with E-state index < -0.39 is 62.3 Å². The molecule has 0 radical (unpaired) electrons. The van der Waals surface area contributed by atoms with Gasteiger partial charge >= 0.3 is 19.4 Å². The zero-order chi connectivity index (χ0) is 30.1. The molecule has 4 N–H and O–H groups in total. The lowest BCUT2D eigenvalue weighted by Crippen LogP contribution is -2.43. The highest BCUT2D eigenvalue weighted by Crippen LogP contribution is 2.48. The van der Waals surface area contributed by atoms with Crippen LogP contribution < -0.4 is 21.0 Å². The van der Waals surface area contributed by atoms with Crippen molar-refractivity contribution in [3.8, 4) is 5.75 Å². The molecule has 1 aliphatic rings. The van der Waals surface area contributed by atoms with Gasteiger partial charge in [-0.05, 0) is 61.7 Å². The van der Waals surface area contributed by atoms with Crippen molar-refractivity contribution >= 4 is 52.9 Å². The molecule has 1 saturated heterocycles. The molecule has 1 aromatic heterocycles. The maximum atomic E-state index is 15.8. The van der Waals surface area contributed by atoms with Crippen molar-refractivity contribution in [2.75, 3.05) is 12.3 Å². The topological polar surface area (TPSA) is 164 Å². The van der Waals surface area contributed by atoms with Gasteiger partial charge in [0.2, 0.25) is 0 Å². The van der Waals surface area contributed by atoms with Gasteiger partial charge in [-0.25, -0.2) is 13.8 Å². The first-order valence-corrected chi connectivity index (χ1v) is 15.3. The number of benzene rings is 2. The molecule has 6 atom stereocenters. The van der Waals surface area contributed by atoms with E-state index in [4.69, 9.17) is 24.3 Å². The molecule has 15 heteroatoms.